The van der Waals surface area contributed by atoms with E-state index in [2.05, 4.69) is 10.6 Å². The summed E-state index contributed by atoms with van der Waals surface area (Å²) in [6.07, 6.45) is 1.84. The van der Waals surface area contributed by atoms with Crippen molar-refractivity contribution >= 4 is 11.9 Å². The number of nitrogens with one attached hydrogen (secondary N) is 2. The topological polar surface area (TPSA) is 97.4 Å². The number of amides is 3. The summed E-state index contributed by atoms with van der Waals surface area (Å²) in [7, 11) is 0. The summed E-state index contributed by atoms with van der Waals surface area (Å²) < 4.78 is 18.0. The summed E-state index contributed by atoms with van der Waals surface area (Å²) >= 11 is 0. The van der Waals surface area contributed by atoms with Crippen molar-refractivity contribution in [2.75, 3.05) is 6.54 Å². The fraction of sp³-hybridized carbons (Fsp3) is 0.250. The maximum absolute atomic E-state index is 12.9. The van der Waals surface area contributed by atoms with Crippen LogP contribution in [0.25, 0.3) is 0 Å². The minimum absolute atomic E-state index is 0.0939. The van der Waals surface area contributed by atoms with Crippen molar-refractivity contribution in [2.45, 2.75) is 13.0 Å². The maximum atomic E-state index is 12.9. The number of carbonyl (C=O) groups is 2. The van der Waals surface area contributed by atoms with Gasteiger partial charge in [-0.25, -0.2) is 9.18 Å². The van der Waals surface area contributed by atoms with Crippen LogP contribution < -0.4 is 16.4 Å². The number of furan rings is 1. The zero-order valence-corrected chi connectivity index (χ0v) is 12.4. The molecule has 2 rings (SSSR count). The van der Waals surface area contributed by atoms with Crippen molar-refractivity contribution in [3.63, 3.8) is 0 Å². The number of benzene rings is 1. The molecule has 0 aliphatic carbocycles. The predicted molar refractivity (Wildman–Crippen MR) is 81.7 cm³/mol. The van der Waals surface area contributed by atoms with E-state index >= 15 is 0 Å². The Balaban J connectivity index is 1.80. The van der Waals surface area contributed by atoms with E-state index in [1.807, 2.05) is 0 Å². The first-order valence-electron chi connectivity index (χ1n) is 7.12. The molecule has 0 spiro atoms. The quantitative estimate of drug-likeness (QED) is 0.722. The van der Waals surface area contributed by atoms with Crippen LogP contribution in [0.2, 0.25) is 0 Å². The summed E-state index contributed by atoms with van der Waals surface area (Å²) in [5.41, 5.74) is 6.12. The van der Waals surface area contributed by atoms with Crippen LogP contribution in [-0.2, 0) is 17.8 Å². The van der Waals surface area contributed by atoms with Gasteiger partial charge in [-0.05, 0) is 36.2 Å². The first kappa shape index (κ1) is 16.5. The first-order chi connectivity index (χ1) is 11.0. The average molecular weight is 319 g/mol. The van der Waals surface area contributed by atoms with E-state index in [1.165, 1.54) is 18.4 Å². The second-order valence-corrected chi connectivity index (χ2v) is 5.07. The SMILES string of the molecule is NC(=O)[C@@H](CNC(=O)NCc1ccco1)Cc1ccc(F)cc1. The molecule has 0 fully saturated rings. The number of rotatable bonds is 7. The Labute approximate surface area is 132 Å². The molecular weight excluding hydrogens is 301 g/mol. The monoisotopic (exact) mass is 319 g/mol. The fourth-order valence-electron chi connectivity index (χ4n) is 2.04. The van der Waals surface area contributed by atoms with Crippen LogP contribution in [-0.4, -0.2) is 18.5 Å². The van der Waals surface area contributed by atoms with E-state index in [4.69, 9.17) is 10.2 Å². The lowest BCUT2D eigenvalue weighted by molar-refractivity contribution is -0.121. The highest BCUT2D eigenvalue weighted by atomic mass is 19.1. The zero-order valence-electron chi connectivity index (χ0n) is 12.4. The van der Waals surface area contributed by atoms with Gasteiger partial charge in [0.1, 0.15) is 11.6 Å². The molecule has 1 aromatic carbocycles. The van der Waals surface area contributed by atoms with E-state index in [0.29, 0.717) is 12.2 Å². The Morgan fingerprint density at radius 2 is 1.91 bits per heavy atom. The number of urea groups is 1. The standard InChI is InChI=1S/C16H18FN3O3/c17-13-5-3-11(4-6-13)8-12(15(18)21)9-19-16(22)20-10-14-2-1-7-23-14/h1-7,12H,8-10H2,(H2,18,21)(H2,19,20,22)/t12-/m1/s1. The van der Waals surface area contributed by atoms with Gasteiger partial charge in [0, 0.05) is 6.54 Å². The molecule has 0 aliphatic rings. The van der Waals surface area contributed by atoms with E-state index in [1.54, 1.807) is 24.3 Å². The van der Waals surface area contributed by atoms with Crippen molar-refractivity contribution < 1.29 is 18.4 Å². The molecule has 0 aliphatic heterocycles. The van der Waals surface area contributed by atoms with E-state index in [-0.39, 0.29) is 18.9 Å². The van der Waals surface area contributed by atoms with Crippen molar-refractivity contribution in [2.24, 2.45) is 11.7 Å². The molecule has 122 valence electrons. The molecule has 0 saturated carbocycles. The minimum atomic E-state index is -0.574. The highest BCUT2D eigenvalue weighted by molar-refractivity contribution is 5.79. The van der Waals surface area contributed by atoms with Gasteiger partial charge in [-0.15, -0.1) is 0 Å². The second-order valence-electron chi connectivity index (χ2n) is 5.07. The fourth-order valence-corrected chi connectivity index (χ4v) is 2.04. The summed E-state index contributed by atoms with van der Waals surface area (Å²) in [5.74, 6) is -0.826. The molecule has 6 nitrogen and oxygen atoms in total. The van der Waals surface area contributed by atoms with Crippen molar-refractivity contribution in [3.8, 4) is 0 Å². The Kier molecular flexibility index (Phi) is 5.74. The smallest absolute Gasteiger partial charge is 0.315 e. The Morgan fingerprint density at radius 1 is 1.17 bits per heavy atom. The molecule has 0 radical (unpaired) electrons. The molecule has 2 aromatic rings. The molecular formula is C16H18FN3O3. The van der Waals surface area contributed by atoms with Gasteiger partial charge < -0.3 is 20.8 Å². The highest BCUT2D eigenvalue weighted by Crippen LogP contribution is 2.09. The number of carbonyl (C=O) groups excluding carboxylic acids is 2. The Morgan fingerprint density at radius 3 is 2.52 bits per heavy atom. The Hall–Kier alpha value is -2.83. The van der Waals surface area contributed by atoms with Gasteiger partial charge in [0.15, 0.2) is 0 Å². The molecule has 3 amide bonds. The van der Waals surface area contributed by atoms with Crippen LogP contribution in [0.1, 0.15) is 11.3 Å². The van der Waals surface area contributed by atoms with Gasteiger partial charge in [0.25, 0.3) is 0 Å². The molecule has 0 saturated heterocycles. The highest BCUT2D eigenvalue weighted by Gasteiger charge is 2.17. The molecule has 7 heteroatoms. The lowest BCUT2D eigenvalue weighted by atomic mass is 9.98. The minimum Gasteiger partial charge on any atom is -0.467 e. The summed E-state index contributed by atoms with van der Waals surface area (Å²) in [6.45, 7) is 0.342. The Bertz CT molecular complexity index is 641. The second kappa shape index (κ2) is 7.98. The van der Waals surface area contributed by atoms with E-state index in [9.17, 15) is 14.0 Å². The predicted octanol–water partition coefficient (Wildman–Crippen LogP) is 1.56. The van der Waals surface area contributed by atoms with Crippen LogP contribution in [0, 0.1) is 11.7 Å². The van der Waals surface area contributed by atoms with Crippen LogP contribution in [0.5, 0.6) is 0 Å². The lowest BCUT2D eigenvalue weighted by Crippen LogP contribution is -2.41. The third-order valence-electron chi connectivity index (χ3n) is 3.31. The molecule has 1 aromatic heterocycles. The van der Waals surface area contributed by atoms with Gasteiger partial charge >= 0.3 is 6.03 Å². The maximum Gasteiger partial charge on any atom is 0.315 e. The molecule has 4 N–H and O–H groups in total. The molecule has 0 bridgehead atoms. The first-order valence-corrected chi connectivity index (χ1v) is 7.12. The van der Waals surface area contributed by atoms with E-state index < -0.39 is 17.9 Å². The van der Waals surface area contributed by atoms with Crippen molar-refractivity contribution in [1.29, 1.82) is 0 Å². The number of primary amides is 1. The normalized spacial score (nSPS) is 11.7. The summed E-state index contributed by atoms with van der Waals surface area (Å²) in [4.78, 5) is 23.2. The molecule has 1 atom stereocenters. The number of hydrogen-bond donors (Lipinski definition) is 3. The number of hydrogen-bond acceptors (Lipinski definition) is 3. The third kappa shape index (κ3) is 5.46. The lowest BCUT2D eigenvalue weighted by Gasteiger charge is -2.14. The molecule has 0 unspecified atom stereocenters. The van der Waals surface area contributed by atoms with Crippen LogP contribution in [0.15, 0.2) is 47.1 Å². The summed E-state index contributed by atoms with van der Waals surface area (Å²) in [5, 5.41) is 5.20. The van der Waals surface area contributed by atoms with Gasteiger partial charge in [-0.2, -0.15) is 0 Å². The number of halogens is 1. The summed E-state index contributed by atoms with van der Waals surface area (Å²) in [6, 6.07) is 8.84. The zero-order chi connectivity index (χ0) is 16.7. The van der Waals surface area contributed by atoms with Gasteiger partial charge in [-0.1, -0.05) is 12.1 Å². The number of nitrogens with two attached hydrogens (primary N) is 1. The van der Waals surface area contributed by atoms with Crippen LogP contribution in [0.3, 0.4) is 0 Å². The van der Waals surface area contributed by atoms with Gasteiger partial charge in [0.2, 0.25) is 5.91 Å². The van der Waals surface area contributed by atoms with E-state index in [0.717, 1.165) is 5.56 Å². The van der Waals surface area contributed by atoms with Crippen LogP contribution in [0.4, 0.5) is 9.18 Å². The largest absolute Gasteiger partial charge is 0.467 e. The molecule has 23 heavy (non-hydrogen) atoms. The van der Waals surface area contributed by atoms with Gasteiger partial charge in [0.05, 0.1) is 18.7 Å². The third-order valence-corrected chi connectivity index (χ3v) is 3.31. The van der Waals surface area contributed by atoms with Crippen molar-refractivity contribution in [1.82, 2.24) is 10.6 Å². The van der Waals surface area contributed by atoms with Crippen LogP contribution >= 0.6 is 0 Å². The average Bonchev–Trinajstić information content (AvgIpc) is 3.04. The van der Waals surface area contributed by atoms with Crippen molar-refractivity contribution in [3.05, 3.63) is 59.8 Å². The molecule has 1 heterocycles. The van der Waals surface area contributed by atoms with Gasteiger partial charge in [-0.3, -0.25) is 4.79 Å².